The molecule has 4 rings (SSSR count). The summed E-state index contributed by atoms with van der Waals surface area (Å²) in [7, 11) is 0. The van der Waals surface area contributed by atoms with Gasteiger partial charge in [0.05, 0.1) is 22.1 Å². The molecule has 2 aliphatic rings. The Kier molecular flexibility index (Phi) is 5.33. The van der Waals surface area contributed by atoms with Crippen LogP contribution < -0.4 is 90.5 Å². The van der Waals surface area contributed by atoms with Gasteiger partial charge in [-0.3, -0.25) is 0 Å². The number of nitrogens with zero attached hydrogens (tertiary/aromatic N) is 2. The van der Waals surface area contributed by atoms with Gasteiger partial charge in [0.25, 0.3) is 0 Å². The Balaban J connectivity index is 0.000000882. The number of fused-ring (bicyclic) bond motifs is 2. The predicted molar refractivity (Wildman–Crippen MR) is 68.3 cm³/mol. The van der Waals surface area contributed by atoms with Crippen molar-refractivity contribution < 1.29 is 69.3 Å². The van der Waals surface area contributed by atoms with Crippen molar-refractivity contribution in [1.82, 2.24) is 0 Å². The summed E-state index contributed by atoms with van der Waals surface area (Å²) in [5.74, 6) is -0.471. The van der Waals surface area contributed by atoms with E-state index in [0.717, 1.165) is 0 Å². The van der Waals surface area contributed by atoms with E-state index in [1.807, 2.05) is 12.1 Å². The molecule has 2 aromatic carbocycles. The topological polar surface area (TPSA) is 70.8 Å². The van der Waals surface area contributed by atoms with Gasteiger partial charge in [-0.2, -0.15) is 0 Å². The molecule has 0 saturated heterocycles. The molecule has 0 N–H and O–H groups in total. The average molecular weight is 306 g/mol. The largest absolute Gasteiger partial charge is 1.00 e. The minimum absolute atomic E-state index is 0. The molecule has 2 heterocycles. The number of hydrogen-bond acceptors (Lipinski definition) is 4. The van der Waals surface area contributed by atoms with Crippen LogP contribution in [0.3, 0.4) is 0 Å². The molecule has 4 nitrogen and oxygen atoms in total. The molecule has 0 aliphatic carbocycles. The summed E-state index contributed by atoms with van der Waals surface area (Å²) in [4.78, 5) is 8.53. The smallest absolute Gasteiger partial charge is 0.870 e. The van der Waals surface area contributed by atoms with E-state index in [-0.39, 0.29) is 82.0 Å². The first-order chi connectivity index (χ1) is 9.75. The molecular formula is C16H8N2Na2O2. The van der Waals surface area contributed by atoms with E-state index in [0.29, 0.717) is 21.2 Å². The number of benzene rings is 2. The van der Waals surface area contributed by atoms with E-state index in [1.165, 1.54) is 0 Å². The van der Waals surface area contributed by atoms with Crippen molar-refractivity contribution >= 4 is 11.5 Å². The second-order valence-corrected chi connectivity index (χ2v) is 4.61. The fourth-order valence-electron chi connectivity index (χ4n) is 2.44. The molecule has 0 atom stereocenters. The second kappa shape index (κ2) is 6.71. The molecule has 2 aromatic rings. The molecule has 0 spiro atoms. The zero-order valence-electron chi connectivity index (χ0n) is 12.3. The molecule has 6 heteroatoms. The standard InChI is InChI=1S/C16H10N2O2.2Na/c19-15-9-5-1-3-7-11(9)17-13(15)14-16(20)10-6-2-4-8-12(10)18-14;;/h1-8,19-20H;;/q;2*+1/p-2. The van der Waals surface area contributed by atoms with Gasteiger partial charge in [0.2, 0.25) is 0 Å². The van der Waals surface area contributed by atoms with Crippen LogP contribution in [0.1, 0.15) is 0 Å². The summed E-state index contributed by atoms with van der Waals surface area (Å²) in [6, 6.07) is 14.1. The minimum atomic E-state index is -0.236. The van der Waals surface area contributed by atoms with Crippen LogP contribution in [-0.4, -0.2) is 0 Å². The Morgan fingerprint density at radius 3 is 1.32 bits per heavy atom. The first kappa shape index (κ1) is 17.5. The Morgan fingerprint density at radius 1 is 0.591 bits per heavy atom. The molecular weight excluding hydrogens is 298 g/mol. The quantitative estimate of drug-likeness (QED) is 0.454. The van der Waals surface area contributed by atoms with Gasteiger partial charge < -0.3 is 10.2 Å². The van der Waals surface area contributed by atoms with Crippen molar-refractivity contribution in [2.24, 2.45) is 9.98 Å². The predicted octanol–water partition coefficient (Wildman–Crippen LogP) is -8.19. The summed E-state index contributed by atoms with van der Waals surface area (Å²) < 4.78 is 0. The summed E-state index contributed by atoms with van der Waals surface area (Å²) in [5, 5.41) is 26.9. The Hall–Kier alpha value is -0.880. The zero-order chi connectivity index (χ0) is 13.7. The van der Waals surface area contributed by atoms with E-state index < -0.39 is 0 Å². The third-order valence-corrected chi connectivity index (χ3v) is 3.42. The molecule has 22 heavy (non-hydrogen) atoms. The summed E-state index contributed by atoms with van der Waals surface area (Å²) in [5.41, 5.74) is 0.291. The molecule has 0 radical (unpaired) electrons. The van der Waals surface area contributed by atoms with Crippen LogP contribution in [0.5, 0.6) is 0 Å². The molecule has 96 valence electrons. The van der Waals surface area contributed by atoms with Crippen LogP contribution in [0.2, 0.25) is 0 Å². The fraction of sp³-hybridized carbons (Fsp3) is 0. The molecule has 0 aromatic heterocycles. The van der Waals surface area contributed by atoms with Crippen molar-refractivity contribution in [2.45, 2.75) is 0 Å². The van der Waals surface area contributed by atoms with Gasteiger partial charge in [-0.05, 0) is 22.6 Å². The van der Waals surface area contributed by atoms with Crippen LogP contribution >= 0.6 is 0 Å². The van der Waals surface area contributed by atoms with Gasteiger partial charge >= 0.3 is 59.1 Å². The van der Waals surface area contributed by atoms with Crippen LogP contribution in [0.15, 0.2) is 69.9 Å². The fourth-order valence-corrected chi connectivity index (χ4v) is 2.44. The van der Waals surface area contributed by atoms with Gasteiger partial charge in [0, 0.05) is 0 Å². The average Bonchev–Trinajstić information content (AvgIpc) is 2.98. The number of hydrogen-bond donors (Lipinski definition) is 0. The maximum absolute atomic E-state index is 12.3. The minimum Gasteiger partial charge on any atom is -0.870 e. The van der Waals surface area contributed by atoms with Crippen LogP contribution in [0.25, 0.3) is 11.5 Å². The Labute approximate surface area is 170 Å². The van der Waals surface area contributed by atoms with Crippen molar-refractivity contribution in [2.75, 3.05) is 0 Å². The van der Waals surface area contributed by atoms with E-state index >= 15 is 0 Å². The van der Waals surface area contributed by atoms with Gasteiger partial charge in [-0.1, -0.05) is 47.9 Å². The van der Waals surface area contributed by atoms with Gasteiger partial charge in [0.1, 0.15) is 0 Å². The first-order valence-electron chi connectivity index (χ1n) is 6.21. The summed E-state index contributed by atoms with van der Waals surface area (Å²) in [6.07, 6.45) is 0. The molecule has 0 fully saturated rings. The van der Waals surface area contributed by atoms with Crippen molar-refractivity contribution in [1.29, 1.82) is 0 Å². The SMILES string of the molecule is [Na+].[Na+].[O-]C1=c2ccccc2=NC1=C1N=c2ccccc2=C1[O-]. The van der Waals surface area contributed by atoms with Gasteiger partial charge in [-0.15, -0.1) is 0 Å². The molecule has 0 bridgehead atoms. The third-order valence-electron chi connectivity index (χ3n) is 3.42. The molecule has 2 aliphatic heterocycles. The number of para-hydroxylation sites is 2. The molecule has 0 saturated carbocycles. The second-order valence-electron chi connectivity index (χ2n) is 4.61. The van der Waals surface area contributed by atoms with Crippen molar-refractivity contribution in [3.8, 4) is 0 Å². The normalized spacial score (nSPS) is 17.6. The monoisotopic (exact) mass is 306 g/mol. The van der Waals surface area contributed by atoms with Crippen LogP contribution in [-0.2, 0) is 0 Å². The summed E-state index contributed by atoms with van der Waals surface area (Å²) >= 11 is 0. The first-order valence-corrected chi connectivity index (χ1v) is 6.21. The van der Waals surface area contributed by atoms with Crippen LogP contribution in [0.4, 0.5) is 0 Å². The van der Waals surface area contributed by atoms with E-state index in [9.17, 15) is 10.2 Å². The van der Waals surface area contributed by atoms with Crippen LogP contribution in [0, 0.1) is 0 Å². The zero-order valence-corrected chi connectivity index (χ0v) is 16.3. The Morgan fingerprint density at radius 2 is 0.955 bits per heavy atom. The Bertz CT molecular complexity index is 943. The van der Waals surface area contributed by atoms with E-state index in [2.05, 4.69) is 9.98 Å². The molecule has 0 amide bonds. The van der Waals surface area contributed by atoms with Crippen molar-refractivity contribution in [3.63, 3.8) is 0 Å². The molecule has 0 unspecified atom stereocenters. The maximum atomic E-state index is 12.3. The van der Waals surface area contributed by atoms with Crippen molar-refractivity contribution in [3.05, 3.63) is 81.1 Å². The third kappa shape index (κ3) is 2.60. The van der Waals surface area contributed by atoms with Gasteiger partial charge in [-0.25, -0.2) is 9.98 Å². The van der Waals surface area contributed by atoms with E-state index in [4.69, 9.17) is 0 Å². The number of rotatable bonds is 0. The summed E-state index contributed by atoms with van der Waals surface area (Å²) in [6.45, 7) is 0. The van der Waals surface area contributed by atoms with E-state index in [1.54, 1.807) is 36.4 Å². The van der Waals surface area contributed by atoms with Gasteiger partial charge in [0.15, 0.2) is 0 Å². The maximum Gasteiger partial charge on any atom is 1.00 e.